The average Bonchev–Trinajstić information content (AvgIpc) is 2.65. The first-order valence-electron chi connectivity index (χ1n) is 7.38. The molecule has 0 bridgehead atoms. The summed E-state index contributed by atoms with van der Waals surface area (Å²) in [6, 6.07) is 15.2. The molecular formula is C18H18N2O4S. The highest BCUT2D eigenvalue weighted by Crippen LogP contribution is 2.23. The van der Waals surface area contributed by atoms with E-state index in [0.29, 0.717) is 5.69 Å². The molecule has 2 rings (SSSR count). The topological polar surface area (TPSA) is 86.7 Å². The Bertz CT molecular complexity index is 890. The molecule has 0 aliphatic rings. The minimum Gasteiger partial charge on any atom is -0.288 e. The molecule has 0 saturated carbocycles. The Morgan fingerprint density at radius 2 is 1.80 bits per heavy atom. The summed E-state index contributed by atoms with van der Waals surface area (Å²) < 4.78 is 26.5. The summed E-state index contributed by atoms with van der Waals surface area (Å²) >= 11 is 0. The summed E-state index contributed by atoms with van der Waals surface area (Å²) in [6.45, 7) is 0. The van der Waals surface area contributed by atoms with Gasteiger partial charge in [-0.1, -0.05) is 48.6 Å². The van der Waals surface area contributed by atoms with Gasteiger partial charge in [0.2, 0.25) is 0 Å². The van der Waals surface area contributed by atoms with E-state index < -0.39 is 15.9 Å². The van der Waals surface area contributed by atoms with Gasteiger partial charge in [0.25, 0.3) is 15.9 Å². The Morgan fingerprint density at radius 3 is 2.48 bits per heavy atom. The maximum Gasteiger partial charge on any atom is 0.267 e. The highest BCUT2D eigenvalue weighted by atomic mass is 32.2. The Hall–Kier alpha value is -2.90. The van der Waals surface area contributed by atoms with Crippen molar-refractivity contribution in [3.05, 3.63) is 78.4 Å². The van der Waals surface area contributed by atoms with Crippen LogP contribution in [0.5, 0.6) is 0 Å². The number of nitrogens with one attached hydrogen (secondary N) is 1. The normalized spacial score (nSPS) is 11.8. The van der Waals surface area contributed by atoms with Crippen molar-refractivity contribution in [3.8, 4) is 0 Å². The second kappa shape index (κ2) is 8.27. The lowest BCUT2D eigenvalue weighted by Crippen LogP contribution is -2.26. The molecule has 7 heteroatoms. The van der Waals surface area contributed by atoms with Crippen molar-refractivity contribution >= 4 is 27.7 Å². The van der Waals surface area contributed by atoms with E-state index in [0.717, 1.165) is 11.6 Å². The van der Waals surface area contributed by atoms with Crippen LogP contribution >= 0.6 is 0 Å². The zero-order valence-electron chi connectivity index (χ0n) is 13.5. The van der Waals surface area contributed by atoms with Gasteiger partial charge in [0, 0.05) is 13.1 Å². The van der Waals surface area contributed by atoms with Crippen molar-refractivity contribution in [1.82, 2.24) is 5.48 Å². The van der Waals surface area contributed by atoms with Crippen molar-refractivity contribution in [2.24, 2.45) is 0 Å². The Kier molecular flexibility index (Phi) is 6.10. The Morgan fingerprint density at radius 1 is 1.08 bits per heavy atom. The number of hydroxylamine groups is 1. The molecule has 0 radical (unpaired) electrons. The fourth-order valence-corrected chi connectivity index (χ4v) is 3.27. The fraction of sp³-hybridized carbons (Fsp3) is 0.0556. The van der Waals surface area contributed by atoms with Crippen LogP contribution in [0.25, 0.3) is 6.08 Å². The predicted molar refractivity (Wildman–Crippen MR) is 96.6 cm³/mol. The number of amides is 1. The van der Waals surface area contributed by atoms with Gasteiger partial charge < -0.3 is 0 Å². The number of nitrogens with zero attached hydrogens (tertiary/aromatic N) is 1. The molecule has 0 unspecified atom stereocenters. The molecule has 1 amide bonds. The molecule has 2 aromatic carbocycles. The van der Waals surface area contributed by atoms with Crippen molar-refractivity contribution in [3.63, 3.8) is 0 Å². The van der Waals surface area contributed by atoms with E-state index in [1.54, 1.807) is 60.7 Å². The zero-order chi connectivity index (χ0) is 18.3. The number of sulfonamides is 1. The SMILES string of the molecule is CN(c1cccc(/C=C/C=C/C(=O)NO)c1)S(=O)(=O)c1ccccc1. The van der Waals surface area contributed by atoms with Gasteiger partial charge in [0.05, 0.1) is 10.6 Å². The smallest absolute Gasteiger partial charge is 0.267 e. The maximum atomic E-state index is 12.6. The second-order valence-corrected chi connectivity index (χ2v) is 7.04. The van der Waals surface area contributed by atoms with Crippen LogP contribution in [0.2, 0.25) is 0 Å². The van der Waals surface area contributed by atoms with Crippen LogP contribution < -0.4 is 9.79 Å². The lowest BCUT2D eigenvalue weighted by atomic mass is 10.2. The van der Waals surface area contributed by atoms with E-state index in [1.807, 2.05) is 6.07 Å². The van der Waals surface area contributed by atoms with E-state index in [1.165, 1.54) is 22.9 Å². The third-order valence-electron chi connectivity index (χ3n) is 3.39. The number of benzene rings is 2. The van der Waals surface area contributed by atoms with Gasteiger partial charge in [0.1, 0.15) is 0 Å². The first-order valence-corrected chi connectivity index (χ1v) is 8.82. The molecule has 0 fully saturated rings. The highest BCUT2D eigenvalue weighted by Gasteiger charge is 2.20. The third-order valence-corrected chi connectivity index (χ3v) is 5.19. The van der Waals surface area contributed by atoms with Gasteiger partial charge in [0.15, 0.2) is 0 Å². The number of rotatable bonds is 6. The highest BCUT2D eigenvalue weighted by molar-refractivity contribution is 7.92. The third kappa shape index (κ3) is 4.79. The van der Waals surface area contributed by atoms with Crippen LogP contribution in [-0.2, 0) is 14.8 Å². The van der Waals surface area contributed by atoms with E-state index in [4.69, 9.17) is 5.21 Å². The Balaban J connectivity index is 2.22. The van der Waals surface area contributed by atoms with Crippen molar-refractivity contribution in [2.75, 3.05) is 11.4 Å². The lowest BCUT2D eigenvalue weighted by Gasteiger charge is -2.19. The molecule has 0 saturated heterocycles. The zero-order valence-corrected chi connectivity index (χ0v) is 14.3. The molecule has 0 atom stereocenters. The van der Waals surface area contributed by atoms with Crippen LogP contribution in [-0.4, -0.2) is 26.6 Å². The monoisotopic (exact) mass is 358 g/mol. The molecule has 2 aromatic rings. The molecule has 0 heterocycles. The van der Waals surface area contributed by atoms with Gasteiger partial charge >= 0.3 is 0 Å². The quantitative estimate of drug-likeness (QED) is 0.360. The van der Waals surface area contributed by atoms with Gasteiger partial charge in [-0.2, -0.15) is 0 Å². The van der Waals surface area contributed by atoms with E-state index in [-0.39, 0.29) is 4.90 Å². The fourth-order valence-electron chi connectivity index (χ4n) is 2.06. The minimum atomic E-state index is -3.63. The summed E-state index contributed by atoms with van der Waals surface area (Å²) in [4.78, 5) is 11.1. The number of hydrogen-bond acceptors (Lipinski definition) is 4. The maximum absolute atomic E-state index is 12.6. The van der Waals surface area contributed by atoms with Crippen LogP contribution in [0.15, 0.2) is 77.7 Å². The summed E-state index contributed by atoms with van der Waals surface area (Å²) in [5.74, 6) is -0.632. The van der Waals surface area contributed by atoms with Crippen LogP contribution in [0.3, 0.4) is 0 Å². The largest absolute Gasteiger partial charge is 0.288 e. The molecule has 0 aliphatic carbocycles. The summed E-state index contributed by atoms with van der Waals surface area (Å²) in [5.41, 5.74) is 2.77. The molecule has 6 nitrogen and oxygen atoms in total. The minimum absolute atomic E-state index is 0.219. The van der Waals surface area contributed by atoms with Crippen LogP contribution in [0, 0.1) is 0 Å². The molecule has 2 N–H and O–H groups in total. The predicted octanol–water partition coefficient (Wildman–Crippen LogP) is 2.59. The van der Waals surface area contributed by atoms with Gasteiger partial charge in [-0.3, -0.25) is 14.3 Å². The van der Waals surface area contributed by atoms with Gasteiger partial charge in [-0.25, -0.2) is 13.9 Å². The molecular weight excluding hydrogens is 340 g/mol. The summed E-state index contributed by atoms with van der Waals surface area (Å²) in [5, 5.41) is 8.38. The second-order valence-electron chi connectivity index (χ2n) is 5.07. The van der Waals surface area contributed by atoms with Gasteiger partial charge in [-0.05, 0) is 29.8 Å². The van der Waals surface area contributed by atoms with E-state index in [2.05, 4.69) is 0 Å². The van der Waals surface area contributed by atoms with E-state index in [9.17, 15) is 13.2 Å². The van der Waals surface area contributed by atoms with Crippen molar-refractivity contribution < 1.29 is 18.4 Å². The first kappa shape index (κ1) is 18.4. The first-order chi connectivity index (χ1) is 11.9. The van der Waals surface area contributed by atoms with E-state index >= 15 is 0 Å². The van der Waals surface area contributed by atoms with Crippen LogP contribution in [0.1, 0.15) is 5.56 Å². The number of anilines is 1. The number of allylic oxidation sites excluding steroid dienone is 2. The Labute approximate surface area is 146 Å². The number of carbonyl (C=O) groups is 1. The molecule has 0 aromatic heterocycles. The molecule has 0 spiro atoms. The van der Waals surface area contributed by atoms with Gasteiger partial charge in [-0.15, -0.1) is 0 Å². The van der Waals surface area contributed by atoms with Crippen molar-refractivity contribution in [2.45, 2.75) is 4.90 Å². The number of hydrogen-bond donors (Lipinski definition) is 2. The molecule has 25 heavy (non-hydrogen) atoms. The van der Waals surface area contributed by atoms with Crippen LogP contribution in [0.4, 0.5) is 5.69 Å². The molecule has 0 aliphatic heterocycles. The lowest BCUT2D eigenvalue weighted by molar-refractivity contribution is -0.124. The van der Waals surface area contributed by atoms with Crippen molar-refractivity contribution in [1.29, 1.82) is 0 Å². The molecule has 130 valence electrons. The summed E-state index contributed by atoms with van der Waals surface area (Å²) in [7, 11) is -2.14. The standard InChI is InChI=1S/C18H18N2O4S/c1-20(25(23,24)17-11-3-2-4-12-17)16-10-7-9-15(14-16)8-5-6-13-18(21)19-22/h2-14,22H,1H3,(H,19,21)/b8-5+,13-6+. The average molecular weight is 358 g/mol. The summed E-state index contributed by atoms with van der Waals surface area (Å²) in [6.07, 6.45) is 5.95. The number of carbonyl (C=O) groups excluding carboxylic acids is 1.